The number of aromatic amines is 1. The lowest BCUT2D eigenvalue weighted by Crippen LogP contribution is -2.48. The summed E-state index contributed by atoms with van der Waals surface area (Å²) in [5.41, 5.74) is 1.30. The lowest BCUT2D eigenvalue weighted by molar-refractivity contribution is -0.130. The SMILES string of the molecule is CN(Cc1ncc(-c2ccccc2)[nH]1)C(=O)CCNC(=O)C1CCCN1C(=O)OC(C)(C)C. The van der Waals surface area contributed by atoms with E-state index in [0.29, 0.717) is 25.3 Å². The second-order valence-electron chi connectivity index (χ2n) is 9.23. The summed E-state index contributed by atoms with van der Waals surface area (Å²) in [6, 6.07) is 9.28. The topological polar surface area (TPSA) is 108 Å². The Morgan fingerprint density at radius 3 is 2.67 bits per heavy atom. The number of imidazole rings is 1. The summed E-state index contributed by atoms with van der Waals surface area (Å²) < 4.78 is 5.40. The molecule has 3 rings (SSSR count). The average molecular weight is 456 g/mol. The van der Waals surface area contributed by atoms with Crippen LogP contribution in [0.5, 0.6) is 0 Å². The molecule has 1 atom stereocenters. The van der Waals surface area contributed by atoms with Gasteiger partial charge in [0.1, 0.15) is 17.5 Å². The number of H-pyrrole nitrogens is 1. The molecular formula is C24H33N5O4. The van der Waals surface area contributed by atoms with Crippen LogP contribution in [0.4, 0.5) is 4.79 Å². The van der Waals surface area contributed by atoms with Crippen LogP contribution in [0.1, 0.15) is 45.9 Å². The second kappa shape index (κ2) is 10.5. The molecule has 0 radical (unpaired) electrons. The van der Waals surface area contributed by atoms with Crippen molar-refractivity contribution in [3.8, 4) is 11.3 Å². The van der Waals surface area contributed by atoms with E-state index >= 15 is 0 Å². The first-order valence-corrected chi connectivity index (χ1v) is 11.2. The van der Waals surface area contributed by atoms with Gasteiger partial charge in [-0.15, -0.1) is 0 Å². The normalized spacial score (nSPS) is 15.9. The van der Waals surface area contributed by atoms with Crippen LogP contribution in [0.25, 0.3) is 11.3 Å². The first-order chi connectivity index (χ1) is 15.6. The number of hydrogen-bond acceptors (Lipinski definition) is 5. The zero-order valence-corrected chi connectivity index (χ0v) is 19.8. The quantitative estimate of drug-likeness (QED) is 0.667. The second-order valence-corrected chi connectivity index (χ2v) is 9.23. The smallest absolute Gasteiger partial charge is 0.410 e. The van der Waals surface area contributed by atoms with Crippen molar-refractivity contribution in [3.63, 3.8) is 0 Å². The third-order valence-corrected chi connectivity index (χ3v) is 5.35. The fourth-order valence-electron chi connectivity index (χ4n) is 3.70. The number of nitrogens with one attached hydrogen (secondary N) is 2. The Bertz CT molecular complexity index is 967. The number of carbonyl (C=O) groups excluding carboxylic acids is 3. The summed E-state index contributed by atoms with van der Waals surface area (Å²) in [6.45, 7) is 6.42. The van der Waals surface area contributed by atoms with E-state index < -0.39 is 17.7 Å². The predicted octanol–water partition coefficient (Wildman–Crippen LogP) is 2.94. The highest BCUT2D eigenvalue weighted by molar-refractivity contribution is 5.86. The number of likely N-dealkylation sites (tertiary alicyclic amines) is 1. The summed E-state index contributed by atoms with van der Waals surface area (Å²) >= 11 is 0. The number of benzene rings is 1. The van der Waals surface area contributed by atoms with E-state index in [9.17, 15) is 14.4 Å². The van der Waals surface area contributed by atoms with Crippen molar-refractivity contribution >= 4 is 17.9 Å². The van der Waals surface area contributed by atoms with Crippen LogP contribution in [-0.2, 0) is 20.9 Å². The molecule has 178 valence electrons. The highest BCUT2D eigenvalue weighted by Crippen LogP contribution is 2.21. The van der Waals surface area contributed by atoms with Gasteiger partial charge in [0, 0.05) is 26.6 Å². The molecule has 1 unspecified atom stereocenters. The lowest BCUT2D eigenvalue weighted by Gasteiger charge is -2.28. The number of nitrogens with zero attached hydrogens (tertiary/aromatic N) is 3. The Labute approximate surface area is 194 Å². The number of ether oxygens (including phenoxy) is 1. The number of carbonyl (C=O) groups is 3. The van der Waals surface area contributed by atoms with Crippen LogP contribution < -0.4 is 5.32 Å². The van der Waals surface area contributed by atoms with E-state index in [1.807, 2.05) is 30.3 Å². The molecule has 1 aliphatic heterocycles. The van der Waals surface area contributed by atoms with E-state index in [4.69, 9.17) is 4.74 Å². The summed E-state index contributed by atoms with van der Waals surface area (Å²) in [7, 11) is 1.70. The van der Waals surface area contributed by atoms with E-state index in [1.165, 1.54) is 4.90 Å². The fraction of sp³-hybridized carbons (Fsp3) is 0.500. The molecule has 1 aliphatic rings. The van der Waals surface area contributed by atoms with Crippen molar-refractivity contribution in [3.05, 3.63) is 42.4 Å². The van der Waals surface area contributed by atoms with Gasteiger partial charge in [0.2, 0.25) is 11.8 Å². The summed E-state index contributed by atoms with van der Waals surface area (Å²) in [4.78, 5) is 48.1. The van der Waals surface area contributed by atoms with Gasteiger partial charge in [-0.05, 0) is 39.2 Å². The first kappa shape index (κ1) is 24.3. The van der Waals surface area contributed by atoms with Crippen LogP contribution in [0, 0.1) is 0 Å². The number of aromatic nitrogens is 2. The van der Waals surface area contributed by atoms with E-state index in [1.54, 1.807) is 38.9 Å². The van der Waals surface area contributed by atoms with Gasteiger partial charge in [0.05, 0.1) is 18.4 Å². The largest absolute Gasteiger partial charge is 0.444 e. The molecule has 2 N–H and O–H groups in total. The van der Waals surface area contributed by atoms with Crippen LogP contribution in [0.3, 0.4) is 0 Å². The Balaban J connectivity index is 1.44. The van der Waals surface area contributed by atoms with Crippen molar-refractivity contribution in [2.24, 2.45) is 0 Å². The molecule has 0 spiro atoms. The summed E-state index contributed by atoms with van der Waals surface area (Å²) in [5.74, 6) is 0.323. The molecule has 2 heterocycles. The zero-order chi connectivity index (χ0) is 24.0. The molecule has 0 bridgehead atoms. The van der Waals surface area contributed by atoms with Crippen LogP contribution in [0.15, 0.2) is 36.5 Å². The van der Waals surface area contributed by atoms with Gasteiger partial charge in [-0.2, -0.15) is 0 Å². The van der Waals surface area contributed by atoms with Crippen LogP contribution in [0.2, 0.25) is 0 Å². The number of amides is 3. The lowest BCUT2D eigenvalue weighted by atomic mass is 10.2. The predicted molar refractivity (Wildman–Crippen MR) is 124 cm³/mol. The maximum atomic E-state index is 12.6. The Morgan fingerprint density at radius 1 is 1.24 bits per heavy atom. The van der Waals surface area contributed by atoms with Gasteiger partial charge >= 0.3 is 6.09 Å². The van der Waals surface area contributed by atoms with E-state index in [-0.39, 0.29) is 24.8 Å². The molecule has 0 aliphatic carbocycles. The van der Waals surface area contributed by atoms with Gasteiger partial charge in [-0.3, -0.25) is 14.5 Å². The van der Waals surface area contributed by atoms with Crippen LogP contribution in [-0.4, -0.2) is 69.5 Å². The molecule has 1 aromatic heterocycles. The van der Waals surface area contributed by atoms with Gasteiger partial charge in [-0.25, -0.2) is 9.78 Å². The fourth-order valence-corrected chi connectivity index (χ4v) is 3.70. The Morgan fingerprint density at radius 2 is 1.97 bits per heavy atom. The highest BCUT2D eigenvalue weighted by atomic mass is 16.6. The Kier molecular flexibility index (Phi) is 7.73. The maximum Gasteiger partial charge on any atom is 0.410 e. The molecule has 9 heteroatoms. The van der Waals surface area contributed by atoms with Crippen molar-refractivity contribution in [2.75, 3.05) is 20.1 Å². The third-order valence-electron chi connectivity index (χ3n) is 5.35. The molecular weight excluding hydrogens is 422 g/mol. The molecule has 0 saturated carbocycles. The van der Waals surface area contributed by atoms with Crippen molar-refractivity contribution in [2.45, 2.75) is 58.2 Å². The monoisotopic (exact) mass is 455 g/mol. The molecule has 1 fully saturated rings. The molecule has 2 aromatic rings. The minimum Gasteiger partial charge on any atom is -0.444 e. The van der Waals surface area contributed by atoms with E-state index in [2.05, 4.69) is 15.3 Å². The van der Waals surface area contributed by atoms with Crippen LogP contribution >= 0.6 is 0 Å². The average Bonchev–Trinajstić information content (AvgIpc) is 3.43. The van der Waals surface area contributed by atoms with Gasteiger partial charge < -0.3 is 19.9 Å². The van der Waals surface area contributed by atoms with Crippen molar-refractivity contribution in [1.82, 2.24) is 25.1 Å². The number of rotatable bonds is 7. The first-order valence-electron chi connectivity index (χ1n) is 11.2. The van der Waals surface area contributed by atoms with Gasteiger partial charge in [0.15, 0.2) is 0 Å². The minimum absolute atomic E-state index is 0.108. The maximum absolute atomic E-state index is 12.6. The summed E-state index contributed by atoms with van der Waals surface area (Å²) in [6.07, 6.45) is 2.76. The van der Waals surface area contributed by atoms with E-state index in [0.717, 1.165) is 17.7 Å². The van der Waals surface area contributed by atoms with Crippen molar-refractivity contribution < 1.29 is 19.1 Å². The third kappa shape index (κ3) is 6.81. The van der Waals surface area contributed by atoms with Gasteiger partial charge in [-0.1, -0.05) is 30.3 Å². The summed E-state index contributed by atoms with van der Waals surface area (Å²) in [5, 5.41) is 2.79. The minimum atomic E-state index is -0.618. The standard InChI is InChI=1S/C24H33N5O4/c1-24(2,3)33-23(32)29-14-8-11-19(29)22(31)25-13-12-21(30)28(4)16-20-26-15-18(27-20)17-9-6-5-7-10-17/h5-7,9-10,15,19H,8,11-14,16H2,1-4H3,(H,25,31)(H,26,27). The van der Waals surface area contributed by atoms with Gasteiger partial charge in [0.25, 0.3) is 0 Å². The van der Waals surface area contributed by atoms with Crippen molar-refractivity contribution in [1.29, 1.82) is 0 Å². The highest BCUT2D eigenvalue weighted by Gasteiger charge is 2.36. The molecule has 1 aromatic carbocycles. The molecule has 1 saturated heterocycles. The molecule has 3 amide bonds. The molecule has 9 nitrogen and oxygen atoms in total. The molecule has 33 heavy (non-hydrogen) atoms. The zero-order valence-electron chi connectivity index (χ0n) is 19.8. The number of hydrogen-bond donors (Lipinski definition) is 2. The Hall–Kier alpha value is -3.36.